The van der Waals surface area contributed by atoms with Crippen LogP contribution >= 0.6 is 0 Å². The largest absolute Gasteiger partial charge is 0.494 e. The van der Waals surface area contributed by atoms with E-state index in [9.17, 15) is 9.59 Å². The summed E-state index contributed by atoms with van der Waals surface area (Å²) in [6.07, 6.45) is 4.94. The average molecular weight is 399 g/mol. The van der Waals surface area contributed by atoms with Crippen molar-refractivity contribution in [1.82, 2.24) is 14.9 Å². The summed E-state index contributed by atoms with van der Waals surface area (Å²) in [7, 11) is 1.49. The molecule has 9 nitrogen and oxygen atoms in total. The number of hydrogen-bond donors (Lipinski definition) is 3. The highest BCUT2D eigenvalue weighted by Gasteiger charge is 2.16. The van der Waals surface area contributed by atoms with E-state index in [1.165, 1.54) is 7.11 Å². The van der Waals surface area contributed by atoms with E-state index in [0.29, 0.717) is 36.3 Å². The van der Waals surface area contributed by atoms with Gasteiger partial charge in [-0.2, -0.15) is 0 Å². The molecule has 1 aromatic heterocycles. The quantitative estimate of drug-likeness (QED) is 0.414. The normalized spacial score (nSPS) is 11.1. The van der Waals surface area contributed by atoms with Gasteiger partial charge in [-0.25, -0.2) is 9.78 Å². The zero-order chi connectivity index (χ0) is 21.4. The molecule has 2 rings (SSSR count). The first-order valence-electron chi connectivity index (χ1n) is 8.89. The van der Waals surface area contributed by atoms with Crippen molar-refractivity contribution in [2.24, 2.45) is 5.73 Å². The summed E-state index contributed by atoms with van der Waals surface area (Å²) in [5, 5.41) is 2.67. The minimum Gasteiger partial charge on any atom is -0.494 e. The van der Waals surface area contributed by atoms with Crippen LogP contribution in [0.3, 0.4) is 0 Å². The molecule has 154 valence electrons. The zero-order valence-electron chi connectivity index (χ0n) is 16.3. The number of allylic oxidation sites excluding steroid dienone is 2. The Hall–Kier alpha value is -3.75. The second kappa shape index (κ2) is 9.98. The first-order valence-corrected chi connectivity index (χ1v) is 8.89. The topological polar surface area (TPSA) is 134 Å². The van der Waals surface area contributed by atoms with Crippen molar-refractivity contribution in [3.63, 3.8) is 0 Å². The standard InChI is InChI=1S/C20H25N5O4/c1-4-7-13(5-2)12-29-20(27)23-8-6-9-25-17-15(24-19(25)22)10-14(18(21)26)11-16(17)28-3/h4-5,7,10-11H,1-2,6,8-9,12H2,3H3,(H2,21,26)(H2,22,24)(H,23,27)/b13-7+. The maximum atomic E-state index is 11.8. The smallest absolute Gasteiger partial charge is 0.407 e. The zero-order valence-corrected chi connectivity index (χ0v) is 16.3. The molecule has 1 heterocycles. The van der Waals surface area contributed by atoms with Crippen LogP contribution in [0, 0.1) is 0 Å². The lowest BCUT2D eigenvalue weighted by Crippen LogP contribution is -2.26. The Balaban J connectivity index is 1.99. The van der Waals surface area contributed by atoms with Gasteiger partial charge in [-0.15, -0.1) is 0 Å². The number of methoxy groups -OCH3 is 1. The van der Waals surface area contributed by atoms with E-state index in [1.807, 2.05) is 0 Å². The number of nitrogens with zero attached hydrogens (tertiary/aromatic N) is 2. The van der Waals surface area contributed by atoms with Crippen molar-refractivity contribution in [3.8, 4) is 5.75 Å². The predicted octanol–water partition coefficient (Wildman–Crippen LogP) is 2.14. The number of nitrogen functional groups attached to an aromatic ring is 1. The Morgan fingerprint density at radius 3 is 2.72 bits per heavy atom. The fraction of sp³-hybridized carbons (Fsp3) is 0.250. The van der Waals surface area contributed by atoms with E-state index < -0.39 is 12.0 Å². The molecular formula is C20H25N5O4. The molecule has 0 bridgehead atoms. The third kappa shape index (κ3) is 5.38. The minimum atomic E-state index is -0.580. The SMILES string of the molecule is C=C/C=C(\C=C)COC(=O)NCCCn1c(N)nc2cc(C(N)=O)cc(OC)c21. The number of benzene rings is 1. The lowest BCUT2D eigenvalue weighted by molar-refractivity contribution is 0.1000. The van der Waals surface area contributed by atoms with Gasteiger partial charge in [0.05, 0.1) is 12.6 Å². The Labute approximate surface area is 168 Å². The highest BCUT2D eigenvalue weighted by atomic mass is 16.5. The number of fused-ring (bicyclic) bond motifs is 1. The van der Waals surface area contributed by atoms with E-state index in [2.05, 4.69) is 23.5 Å². The van der Waals surface area contributed by atoms with Gasteiger partial charge in [0.2, 0.25) is 11.9 Å². The Kier molecular flexibility index (Phi) is 7.41. The van der Waals surface area contributed by atoms with Gasteiger partial charge in [-0.05, 0) is 24.1 Å². The van der Waals surface area contributed by atoms with E-state index in [-0.39, 0.29) is 18.1 Å². The van der Waals surface area contributed by atoms with E-state index >= 15 is 0 Å². The summed E-state index contributed by atoms with van der Waals surface area (Å²) < 4.78 is 12.2. The highest BCUT2D eigenvalue weighted by Crippen LogP contribution is 2.29. The summed E-state index contributed by atoms with van der Waals surface area (Å²) in [4.78, 5) is 27.5. The van der Waals surface area contributed by atoms with Gasteiger partial charge in [0.15, 0.2) is 0 Å². The van der Waals surface area contributed by atoms with Crippen molar-refractivity contribution >= 4 is 29.0 Å². The molecule has 0 saturated carbocycles. The third-order valence-electron chi connectivity index (χ3n) is 4.13. The molecule has 0 atom stereocenters. The molecule has 0 saturated heterocycles. The number of rotatable bonds is 10. The van der Waals surface area contributed by atoms with Crippen LogP contribution in [-0.4, -0.2) is 41.8 Å². The number of carbonyl (C=O) groups is 2. The Morgan fingerprint density at radius 2 is 2.10 bits per heavy atom. The Morgan fingerprint density at radius 1 is 1.34 bits per heavy atom. The summed E-state index contributed by atoms with van der Waals surface area (Å²) in [6.45, 7) is 8.18. The molecule has 0 unspecified atom stereocenters. The number of hydrogen-bond acceptors (Lipinski definition) is 6. The van der Waals surface area contributed by atoms with Crippen molar-refractivity contribution < 1.29 is 19.1 Å². The molecule has 0 aliphatic carbocycles. The summed E-state index contributed by atoms with van der Waals surface area (Å²) in [6, 6.07) is 3.11. The highest BCUT2D eigenvalue weighted by molar-refractivity contribution is 5.98. The molecule has 0 fully saturated rings. The number of nitrogens with one attached hydrogen (secondary N) is 1. The second-order valence-corrected chi connectivity index (χ2v) is 6.07. The summed E-state index contributed by atoms with van der Waals surface area (Å²) in [5.41, 5.74) is 13.6. The minimum absolute atomic E-state index is 0.111. The molecule has 5 N–H and O–H groups in total. The number of ether oxygens (including phenoxy) is 2. The van der Waals surface area contributed by atoms with Crippen LogP contribution in [0.2, 0.25) is 0 Å². The van der Waals surface area contributed by atoms with Gasteiger partial charge in [0, 0.05) is 18.7 Å². The number of aryl methyl sites for hydroxylation is 1. The van der Waals surface area contributed by atoms with Crippen LogP contribution in [0.4, 0.5) is 10.7 Å². The third-order valence-corrected chi connectivity index (χ3v) is 4.13. The first-order chi connectivity index (χ1) is 13.9. The first kappa shape index (κ1) is 21.5. The lowest BCUT2D eigenvalue weighted by atomic mass is 10.1. The Bertz CT molecular complexity index is 961. The fourth-order valence-corrected chi connectivity index (χ4v) is 2.73. The van der Waals surface area contributed by atoms with Crippen LogP contribution in [0.25, 0.3) is 11.0 Å². The molecule has 0 spiro atoms. The number of carbonyl (C=O) groups excluding carboxylic acids is 2. The number of primary amides is 1. The molecule has 1 aromatic carbocycles. The number of nitrogens with two attached hydrogens (primary N) is 2. The second-order valence-electron chi connectivity index (χ2n) is 6.07. The molecule has 0 aliphatic heterocycles. The van der Waals surface area contributed by atoms with Crippen LogP contribution in [0.5, 0.6) is 5.75 Å². The van der Waals surface area contributed by atoms with E-state index in [1.54, 1.807) is 34.9 Å². The van der Waals surface area contributed by atoms with Gasteiger partial charge in [0.1, 0.15) is 17.9 Å². The average Bonchev–Trinajstić information content (AvgIpc) is 3.02. The van der Waals surface area contributed by atoms with Gasteiger partial charge in [-0.1, -0.05) is 31.4 Å². The van der Waals surface area contributed by atoms with Crippen LogP contribution < -0.4 is 21.5 Å². The van der Waals surface area contributed by atoms with Crippen LogP contribution in [0.1, 0.15) is 16.8 Å². The number of aromatic nitrogens is 2. The summed E-state index contributed by atoms with van der Waals surface area (Å²) >= 11 is 0. The van der Waals surface area contributed by atoms with Gasteiger partial charge >= 0.3 is 6.09 Å². The predicted molar refractivity (Wildman–Crippen MR) is 112 cm³/mol. The number of anilines is 1. The van der Waals surface area contributed by atoms with Crippen LogP contribution in [-0.2, 0) is 11.3 Å². The maximum absolute atomic E-state index is 11.8. The molecule has 0 radical (unpaired) electrons. The van der Waals surface area contributed by atoms with Crippen molar-refractivity contribution in [2.45, 2.75) is 13.0 Å². The van der Waals surface area contributed by atoms with Crippen molar-refractivity contribution in [3.05, 3.63) is 54.7 Å². The summed E-state index contributed by atoms with van der Waals surface area (Å²) in [5.74, 6) is 0.134. The van der Waals surface area contributed by atoms with Gasteiger partial charge < -0.3 is 30.8 Å². The molecule has 2 amide bonds. The molecule has 0 aliphatic rings. The molecule has 9 heteroatoms. The molecule has 29 heavy (non-hydrogen) atoms. The van der Waals surface area contributed by atoms with Gasteiger partial charge in [0.25, 0.3) is 0 Å². The lowest BCUT2D eigenvalue weighted by Gasteiger charge is -2.11. The molecule has 2 aromatic rings. The molecular weight excluding hydrogens is 374 g/mol. The van der Waals surface area contributed by atoms with Crippen LogP contribution in [0.15, 0.2) is 49.1 Å². The number of imidazole rings is 1. The number of amides is 2. The maximum Gasteiger partial charge on any atom is 0.407 e. The van der Waals surface area contributed by atoms with Crippen molar-refractivity contribution in [1.29, 1.82) is 0 Å². The van der Waals surface area contributed by atoms with Gasteiger partial charge in [-0.3, -0.25) is 4.79 Å². The monoisotopic (exact) mass is 399 g/mol. The van der Waals surface area contributed by atoms with E-state index in [4.69, 9.17) is 20.9 Å². The fourth-order valence-electron chi connectivity index (χ4n) is 2.73. The number of alkyl carbamates (subject to hydrolysis) is 1. The van der Waals surface area contributed by atoms with E-state index in [0.717, 1.165) is 5.57 Å². The van der Waals surface area contributed by atoms with Crippen molar-refractivity contribution in [2.75, 3.05) is 26.0 Å².